The van der Waals surface area contributed by atoms with Gasteiger partial charge in [0.05, 0.1) is 25.4 Å². The molecule has 8 atom stereocenters. The van der Waals surface area contributed by atoms with Crippen LogP contribution in [-0.4, -0.2) is 99.6 Å². The minimum Gasteiger partial charge on any atom is -0.454 e. The third kappa shape index (κ3) is 46.5. The Morgan fingerprint density at radius 2 is 0.831 bits per heavy atom. The molecule has 1 saturated heterocycles. The number of carbonyl (C=O) groups excluding carboxylic acids is 2. The first-order valence-electron chi connectivity index (χ1n) is 34.0. The normalized spacial score (nSPS) is 19.2. The molecule has 83 heavy (non-hydrogen) atoms. The Kier molecular flexibility index (Phi) is 55.1. The van der Waals surface area contributed by atoms with Crippen molar-refractivity contribution in [1.82, 2.24) is 5.32 Å². The zero-order chi connectivity index (χ0) is 60.3. The summed E-state index contributed by atoms with van der Waals surface area (Å²) < 4.78 is 17.6. The average molecular weight is 1160 g/mol. The summed E-state index contributed by atoms with van der Waals surface area (Å²) in [4.78, 5) is 26.6. The van der Waals surface area contributed by atoms with Crippen LogP contribution in [0, 0.1) is 0 Å². The molecule has 8 unspecified atom stereocenters. The van der Waals surface area contributed by atoms with Crippen LogP contribution in [0.1, 0.15) is 284 Å². The Morgan fingerprint density at radius 1 is 0.470 bits per heavy atom. The molecule has 0 spiro atoms. The highest BCUT2D eigenvalue weighted by Gasteiger charge is 2.47. The highest BCUT2D eigenvalue weighted by Crippen LogP contribution is 2.26. The standard InChI is InChI=1S/C72H125NO10/c1-4-7-10-13-16-19-22-24-26-28-29-30-31-32-33-34-35-36-37-38-40-42-45-48-51-54-57-60-67(77)83-70-69(79)68(78)66(61-74)82-72(70)81-62-63(64(75)58-55-52-49-46-43-21-18-15-12-9-6-3)73-71(80)65(76)59-56-53-50-47-44-41-39-27-25-23-20-17-14-11-8-5-2/h16-17,19-20,24-27,29-30,32-33,41,44,55,58,63-66,68-70,72,74-76,78-79H,4-15,18,21-23,28,31,34-40,42-43,45-54,56-57,59-62H2,1-3H3,(H,73,80)/b19-16-,20-17-,26-24-,27-25-,30-29-,33-32-,44-41-,58-55+. The molecule has 0 radical (unpaired) electrons. The maximum absolute atomic E-state index is 13.4. The van der Waals surface area contributed by atoms with Gasteiger partial charge in [0.15, 0.2) is 12.4 Å². The molecule has 1 heterocycles. The third-order valence-corrected chi connectivity index (χ3v) is 15.5. The number of aliphatic hydroxyl groups is 5. The number of carbonyl (C=O) groups is 2. The molecule has 478 valence electrons. The molecule has 0 bridgehead atoms. The zero-order valence-corrected chi connectivity index (χ0v) is 53.0. The second-order valence-corrected chi connectivity index (χ2v) is 23.2. The topological polar surface area (TPSA) is 175 Å². The van der Waals surface area contributed by atoms with E-state index in [1.54, 1.807) is 6.08 Å². The van der Waals surface area contributed by atoms with Crippen LogP contribution < -0.4 is 5.32 Å². The van der Waals surface area contributed by atoms with Crippen LogP contribution >= 0.6 is 0 Å². The number of esters is 1. The number of aliphatic hydroxyl groups excluding tert-OH is 5. The second-order valence-electron chi connectivity index (χ2n) is 23.2. The lowest BCUT2D eigenvalue weighted by molar-refractivity contribution is -0.305. The van der Waals surface area contributed by atoms with Crippen molar-refractivity contribution in [1.29, 1.82) is 0 Å². The third-order valence-electron chi connectivity index (χ3n) is 15.5. The SMILES string of the molecule is CCCCC/C=C\C/C=C\C/C=C\C/C=C\CCCCCCCCCCCCCC(=O)OC1C(OCC(NC(=O)C(O)CCCCC/C=C\C/C=C\C/C=C\CCCCC)C(O)/C=C/CCCCCCCCCCC)OC(CO)C(O)C1O. The highest BCUT2D eigenvalue weighted by molar-refractivity contribution is 5.80. The Hall–Kier alpha value is -3.42. The van der Waals surface area contributed by atoms with Crippen LogP contribution in [0.2, 0.25) is 0 Å². The first kappa shape index (κ1) is 77.6. The molecule has 1 aliphatic rings. The Bertz CT molecular complexity index is 1720. The maximum Gasteiger partial charge on any atom is 0.306 e. The fourth-order valence-electron chi connectivity index (χ4n) is 10.1. The zero-order valence-electron chi connectivity index (χ0n) is 53.0. The number of rotatable bonds is 57. The summed E-state index contributed by atoms with van der Waals surface area (Å²) >= 11 is 0. The van der Waals surface area contributed by atoms with Crippen LogP contribution in [-0.2, 0) is 23.8 Å². The fourth-order valence-corrected chi connectivity index (χ4v) is 10.1. The van der Waals surface area contributed by atoms with Crippen molar-refractivity contribution in [2.75, 3.05) is 13.2 Å². The van der Waals surface area contributed by atoms with Crippen LogP contribution in [0.15, 0.2) is 97.2 Å². The van der Waals surface area contributed by atoms with E-state index in [-0.39, 0.29) is 19.4 Å². The minimum atomic E-state index is -1.62. The van der Waals surface area contributed by atoms with Crippen LogP contribution in [0.3, 0.4) is 0 Å². The van der Waals surface area contributed by atoms with Gasteiger partial charge < -0.3 is 45.1 Å². The molecule has 1 amide bonds. The average Bonchev–Trinajstić information content (AvgIpc) is 3.68. The van der Waals surface area contributed by atoms with Gasteiger partial charge >= 0.3 is 5.97 Å². The lowest BCUT2D eigenvalue weighted by atomic mass is 9.99. The molecule has 1 rings (SSSR count). The van der Waals surface area contributed by atoms with Gasteiger partial charge in [-0.2, -0.15) is 0 Å². The van der Waals surface area contributed by atoms with Gasteiger partial charge in [-0.25, -0.2) is 0 Å². The van der Waals surface area contributed by atoms with Gasteiger partial charge in [0.1, 0.15) is 24.4 Å². The number of ether oxygens (including phenoxy) is 3. The Morgan fingerprint density at radius 3 is 1.27 bits per heavy atom. The summed E-state index contributed by atoms with van der Waals surface area (Å²) in [6.07, 6.45) is 68.7. The first-order valence-corrected chi connectivity index (χ1v) is 34.0. The lowest BCUT2D eigenvalue weighted by Crippen LogP contribution is -2.61. The van der Waals surface area contributed by atoms with Gasteiger partial charge in [0.25, 0.3) is 0 Å². The summed E-state index contributed by atoms with van der Waals surface area (Å²) in [6, 6.07) is -1.04. The van der Waals surface area contributed by atoms with E-state index in [0.717, 1.165) is 109 Å². The van der Waals surface area contributed by atoms with Gasteiger partial charge in [-0.3, -0.25) is 9.59 Å². The molecular weight excluding hydrogens is 1040 g/mol. The molecule has 0 saturated carbocycles. The van der Waals surface area contributed by atoms with Gasteiger partial charge in [-0.15, -0.1) is 0 Å². The van der Waals surface area contributed by atoms with Gasteiger partial charge in [-0.05, 0) is 109 Å². The number of amides is 1. The minimum absolute atomic E-state index is 0.113. The Balaban J connectivity index is 2.57. The van der Waals surface area contributed by atoms with Crippen molar-refractivity contribution >= 4 is 11.9 Å². The van der Waals surface area contributed by atoms with Gasteiger partial charge in [0, 0.05) is 6.42 Å². The van der Waals surface area contributed by atoms with Crippen molar-refractivity contribution in [2.24, 2.45) is 0 Å². The van der Waals surface area contributed by atoms with Crippen molar-refractivity contribution in [3.63, 3.8) is 0 Å². The lowest BCUT2D eigenvalue weighted by Gasteiger charge is -2.41. The van der Waals surface area contributed by atoms with Crippen LogP contribution in [0.4, 0.5) is 0 Å². The van der Waals surface area contributed by atoms with E-state index < -0.39 is 67.4 Å². The molecule has 0 aliphatic carbocycles. The summed E-state index contributed by atoms with van der Waals surface area (Å²) in [5.41, 5.74) is 0. The van der Waals surface area contributed by atoms with E-state index in [1.807, 2.05) is 6.08 Å². The first-order chi connectivity index (χ1) is 40.7. The van der Waals surface area contributed by atoms with Gasteiger partial charge in [-0.1, -0.05) is 266 Å². The van der Waals surface area contributed by atoms with E-state index in [9.17, 15) is 35.1 Å². The molecule has 11 heteroatoms. The molecule has 11 nitrogen and oxygen atoms in total. The summed E-state index contributed by atoms with van der Waals surface area (Å²) in [7, 11) is 0. The van der Waals surface area contributed by atoms with E-state index in [1.165, 1.54) is 128 Å². The number of unbranched alkanes of at least 4 members (excludes halogenated alkanes) is 29. The largest absolute Gasteiger partial charge is 0.454 e. The molecule has 1 aliphatic heterocycles. The quantitative estimate of drug-likeness (QED) is 0.0195. The molecule has 0 aromatic carbocycles. The molecular formula is C72H125NO10. The monoisotopic (exact) mass is 1160 g/mol. The highest BCUT2D eigenvalue weighted by atomic mass is 16.7. The summed E-state index contributed by atoms with van der Waals surface area (Å²) in [5.74, 6) is -1.22. The van der Waals surface area contributed by atoms with Crippen molar-refractivity contribution in [2.45, 2.75) is 333 Å². The fraction of sp³-hybridized carbons (Fsp3) is 0.750. The molecule has 1 fully saturated rings. The van der Waals surface area contributed by atoms with Crippen molar-refractivity contribution < 1.29 is 49.3 Å². The number of allylic oxidation sites excluding steroid dienone is 15. The van der Waals surface area contributed by atoms with Gasteiger partial charge in [0.2, 0.25) is 5.91 Å². The van der Waals surface area contributed by atoms with E-state index in [2.05, 4.69) is 111 Å². The predicted octanol–water partition coefficient (Wildman–Crippen LogP) is 17.1. The number of nitrogens with one attached hydrogen (secondary N) is 1. The predicted molar refractivity (Wildman–Crippen MR) is 347 cm³/mol. The summed E-state index contributed by atoms with van der Waals surface area (Å²) in [6.45, 7) is 5.72. The molecule has 6 N–H and O–H groups in total. The van der Waals surface area contributed by atoms with Crippen molar-refractivity contribution in [3.8, 4) is 0 Å². The molecule has 0 aromatic rings. The van der Waals surface area contributed by atoms with E-state index in [4.69, 9.17) is 14.2 Å². The maximum atomic E-state index is 13.4. The van der Waals surface area contributed by atoms with E-state index in [0.29, 0.717) is 12.8 Å². The number of hydrogen-bond donors (Lipinski definition) is 6. The smallest absolute Gasteiger partial charge is 0.306 e. The summed E-state index contributed by atoms with van der Waals surface area (Å²) in [5, 5.41) is 57.1. The van der Waals surface area contributed by atoms with Crippen LogP contribution in [0.25, 0.3) is 0 Å². The van der Waals surface area contributed by atoms with E-state index >= 15 is 0 Å². The van der Waals surface area contributed by atoms with Crippen molar-refractivity contribution in [3.05, 3.63) is 97.2 Å². The Labute approximate surface area is 507 Å². The van der Waals surface area contributed by atoms with Crippen LogP contribution in [0.5, 0.6) is 0 Å². The second kappa shape index (κ2) is 58.9. The number of hydrogen-bond acceptors (Lipinski definition) is 10. The molecule has 0 aromatic heterocycles.